The smallest absolute Gasteiger partial charge is 0.0460 e. The molecule has 1 atom stereocenters. The van der Waals surface area contributed by atoms with Gasteiger partial charge in [0.25, 0.3) is 0 Å². The van der Waals surface area contributed by atoms with Gasteiger partial charge in [0, 0.05) is 44.4 Å². The molecule has 2 N–H and O–H groups in total. The van der Waals surface area contributed by atoms with E-state index in [1.54, 1.807) is 0 Å². The van der Waals surface area contributed by atoms with Gasteiger partial charge in [0.15, 0.2) is 0 Å². The predicted octanol–water partition coefficient (Wildman–Crippen LogP) is 4.41. The van der Waals surface area contributed by atoms with Crippen LogP contribution in [0.5, 0.6) is 0 Å². The van der Waals surface area contributed by atoms with Crippen LogP contribution in [-0.4, -0.2) is 92.9 Å². The minimum Gasteiger partial charge on any atom is -0.306 e. The zero-order valence-electron chi connectivity index (χ0n) is 22.5. The lowest BCUT2D eigenvalue weighted by atomic mass is 9.90. The predicted molar refractivity (Wildman–Crippen MR) is 140 cm³/mol. The first kappa shape index (κ1) is 30.5. The van der Waals surface area contributed by atoms with E-state index in [2.05, 4.69) is 65.4 Å². The van der Waals surface area contributed by atoms with Crippen LogP contribution in [0.25, 0.3) is 0 Å². The topological polar surface area (TPSA) is 33.8 Å². The lowest BCUT2D eigenvalue weighted by Gasteiger charge is -2.38. The lowest BCUT2D eigenvalue weighted by molar-refractivity contribution is 0.171. The standard InChI is InChI=1S/C8H17N3.C8H15N.C6H13N.2C2H6/c1-11-4-2-3-8(6-11)5-9-7-10-8;1-8(2)9-6-4-3-5-7-9;1-7-5-3-2-4-6-7;2*1-2/h9-10H,2-7H2,1H3;3-4,8H,5-7H2,1-2H3;2-6H2,1H3;2*1-2H3. The van der Waals surface area contributed by atoms with Gasteiger partial charge in [0.1, 0.15) is 0 Å². The Kier molecular flexibility index (Phi) is 18.8. The first-order chi connectivity index (χ1) is 15.0. The maximum Gasteiger partial charge on any atom is 0.0460 e. The Bertz CT molecular complexity index is 412. The molecule has 3 saturated heterocycles. The van der Waals surface area contributed by atoms with Crippen LogP contribution in [0.4, 0.5) is 0 Å². The van der Waals surface area contributed by atoms with Crippen LogP contribution in [0.15, 0.2) is 12.2 Å². The van der Waals surface area contributed by atoms with E-state index in [1.165, 1.54) is 71.2 Å². The summed E-state index contributed by atoms with van der Waals surface area (Å²) in [6, 6.07) is 0.718. The molecular weight excluding hydrogens is 382 g/mol. The van der Waals surface area contributed by atoms with Crippen molar-refractivity contribution in [2.45, 2.75) is 91.6 Å². The van der Waals surface area contributed by atoms with Crippen molar-refractivity contribution < 1.29 is 0 Å². The minimum atomic E-state index is 0.410. The highest BCUT2D eigenvalue weighted by Crippen LogP contribution is 2.21. The van der Waals surface area contributed by atoms with Crippen molar-refractivity contribution in [2.24, 2.45) is 0 Å². The molecule has 4 rings (SSSR count). The zero-order valence-corrected chi connectivity index (χ0v) is 22.5. The second-order valence-corrected chi connectivity index (χ2v) is 9.11. The lowest BCUT2D eigenvalue weighted by Crippen LogP contribution is -2.54. The van der Waals surface area contributed by atoms with Crippen LogP contribution in [0, 0.1) is 0 Å². The van der Waals surface area contributed by atoms with Crippen molar-refractivity contribution in [3.8, 4) is 0 Å². The van der Waals surface area contributed by atoms with E-state index in [4.69, 9.17) is 0 Å². The summed E-state index contributed by atoms with van der Waals surface area (Å²) in [4.78, 5) is 7.28. The van der Waals surface area contributed by atoms with E-state index in [9.17, 15) is 0 Å². The third-order valence-corrected chi connectivity index (χ3v) is 6.22. The second-order valence-electron chi connectivity index (χ2n) is 9.11. The van der Waals surface area contributed by atoms with Crippen LogP contribution >= 0.6 is 0 Å². The van der Waals surface area contributed by atoms with Gasteiger partial charge in [-0.05, 0) is 79.7 Å². The molecule has 0 saturated carbocycles. The molecule has 31 heavy (non-hydrogen) atoms. The zero-order chi connectivity index (χ0) is 23.5. The molecule has 0 aromatic carbocycles. The van der Waals surface area contributed by atoms with Gasteiger partial charge in [-0.2, -0.15) is 0 Å². The monoisotopic (exact) mass is 439 g/mol. The number of likely N-dealkylation sites (N-methyl/N-ethyl adjacent to an activating group) is 1. The summed E-state index contributed by atoms with van der Waals surface area (Å²) in [6.45, 7) is 22.2. The third-order valence-electron chi connectivity index (χ3n) is 6.22. The number of nitrogens with zero attached hydrogens (tertiary/aromatic N) is 3. The molecule has 1 unspecified atom stereocenters. The van der Waals surface area contributed by atoms with Gasteiger partial charge in [0.2, 0.25) is 0 Å². The van der Waals surface area contributed by atoms with Gasteiger partial charge in [-0.1, -0.05) is 46.3 Å². The summed E-state index contributed by atoms with van der Waals surface area (Å²) < 4.78 is 0. The highest BCUT2D eigenvalue weighted by Gasteiger charge is 2.36. The molecular formula is C26H57N5. The molecule has 4 aliphatic heterocycles. The largest absolute Gasteiger partial charge is 0.306 e. The van der Waals surface area contributed by atoms with Crippen molar-refractivity contribution >= 4 is 0 Å². The second kappa shape index (κ2) is 19.0. The van der Waals surface area contributed by atoms with E-state index < -0.39 is 0 Å². The van der Waals surface area contributed by atoms with Crippen LogP contribution in [0.1, 0.15) is 80.1 Å². The van der Waals surface area contributed by atoms with Gasteiger partial charge in [-0.25, -0.2) is 0 Å². The Morgan fingerprint density at radius 1 is 0.806 bits per heavy atom. The van der Waals surface area contributed by atoms with Gasteiger partial charge in [-0.3, -0.25) is 10.2 Å². The Balaban J connectivity index is 0.000000411. The number of hydrogen-bond donors (Lipinski definition) is 2. The molecule has 5 nitrogen and oxygen atoms in total. The van der Waals surface area contributed by atoms with Crippen LogP contribution in [0.3, 0.4) is 0 Å². The molecule has 4 aliphatic rings. The molecule has 5 heteroatoms. The SMILES string of the molecule is CC.CC.CC(C)N1CC=CCC1.CN1CCCC2(CNCN2)C1.CN1CCCCC1. The molecule has 0 aromatic rings. The average molecular weight is 440 g/mol. The van der Waals surface area contributed by atoms with E-state index >= 15 is 0 Å². The quantitative estimate of drug-likeness (QED) is 0.592. The molecule has 0 amide bonds. The third kappa shape index (κ3) is 13.6. The number of rotatable bonds is 1. The van der Waals surface area contributed by atoms with Crippen molar-refractivity contribution in [3.05, 3.63) is 12.2 Å². The van der Waals surface area contributed by atoms with Crippen molar-refractivity contribution in [1.29, 1.82) is 0 Å². The number of hydrogen-bond acceptors (Lipinski definition) is 5. The number of likely N-dealkylation sites (tertiary alicyclic amines) is 2. The van der Waals surface area contributed by atoms with Crippen molar-refractivity contribution in [1.82, 2.24) is 25.3 Å². The fourth-order valence-corrected chi connectivity index (χ4v) is 4.45. The number of nitrogens with one attached hydrogen (secondary N) is 2. The molecule has 4 heterocycles. The molecule has 0 radical (unpaired) electrons. The van der Waals surface area contributed by atoms with Crippen LogP contribution in [0.2, 0.25) is 0 Å². The Hall–Kier alpha value is -0.460. The first-order valence-corrected chi connectivity index (χ1v) is 13.2. The van der Waals surface area contributed by atoms with Gasteiger partial charge in [-0.15, -0.1) is 0 Å². The summed E-state index contributed by atoms with van der Waals surface area (Å²) in [5.74, 6) is 0. The average Bonchev–Trinajstić information content (AvgIpc) is 3.25. The van der Waals surface area contributed by atoms with Crippen LogP contribution < -0.4 is 10.6 Å². The fourth-order valence-electron chi connectivity index (χ4n) is 4.45. The van der Waals surface area contributed by atoms with Gasteiger partial charge < -0.3 is 15.1 Å². The maximum absolute atomic E-state index is 3.55. The maximum atomic E-state index is 3.55. The Morgan fingerprint density at radius 2 is 1.45 bits per heavy atom. The first-order valence-electron chi connectivity index (χ1n) is 13.2. The van der Waals surface area contributed by atoms with Gasteiger partial charge >= 0.3 is 0 Å². The van der Waals surface area contributed by atoms with Crippen molar-refractivity contribution in [2.75, 3.05) is 66.6 Å². The summed E-state index contributed by atoms with van der Waals surface area (Å²) in [7, 11) is 4.40. The van der Waals surface area contributed by atoms with Crippen molar-refractivity contribution in [3.63, 3.8) is 0 Å². The summed E-state index contributed by atoms with van der Waals surface area (Å²) in [5.41, 5.74) is 0.410. The molecule has 1 spiro atoms. The summed E-state index contributed by atoms with van der Waals surface area (Å²) in [5, 5.41) is 6.92. The molecule has 3 fully saturated rings. The normalized spacial score (nSPS) is 26.5. The molecule has 186 valence electrons. The highest BCUT2D eigenvalue weighted by molar-refractivity contribution is 4.98. The molecule has 0 aromatic heterocycles. The van der Waals surface area contributed by atoms with Crippen LogP contribution in [-0.2, 0) is 0 Å². The Morgan fingerprint density at radius 3 is 1.84 bits per heavy atom. The Labute approximate surface area is 196 Å². The number of piperidine rings is 2. The van der Waals surface area contributed by atoms with E-state index in [0.717, 1.165) is 25.8 Å². The molecule has 0 aliphatic carbocycles. The molecule has 0 bridgehead atoms. The van der Waals surface area contributed by atoms with Gasteiger partial charge in [0.05, 0.1) is 0 Å². The fraction of sp³-hybridized carbons (Fsp3) is 0.923. The highest BCUT2D eigenvalue weighted by atomic mass is 15.3. The summed E-state index contributed by atoms with van der Waals surface area (Å²) in [6.07, 6.45) is 12.7. The minimum absolute atomic E-state index is 0.410. The summed E-state index contributed by atoms with van der Waals surface area (Å²) >= 11 is 0. The van der Waals surface area contributed by atoms with E-state index in [0.29, 0.717) is 5.54 Å². The van der Waals surface area contributed by atoms with E-state index in [-0.39, 0.29) is 0 Å². The van der Waals surface area contributed by atoms with E-state index in [1.807, 2.05) is 27.7 Å².